The number of hydrogen-bond donors (Lipinski definition) is 2. The molecule has 0 aliphatic rings. The highest BCUT2D eigenvalue weighted by molar-refractivity contribution is 7.15. The molecule has 0 spiro atoms. The normalized spacial score (nSPS) is 10.3. The maximum atomic E-state index is 12.5. The van der Waals surface area contributed by atoms with Crippen LogP contribution in [0, 0.1) is 0 Å². The maximum absolute atomic E-state index is 12.5. The maximum Gasteiger partial charge on any atom is 0.341 e. The molecule has 3 rings (SSSR count). The number of carbonyl (C=O) groups is 4. The van der Waals surface area contributed by atoms with E-state index in [0.717, 1.165) is 5.56 Å². The van der Waals surface area contributed by atoms with Crippen molar-refractivity contribution in [3.8, 4) is 11.1 Å². The zero-order chi connectivity index (χ0) is 23.6. The van der Waals surface area contributed by atoms with Gasteiger partial charge in [0.1, 0.15) is 10.6 Å². The Hall–Kier alpha value is -3.50. The zero-order valence-corrected chi connectivity index (χ0v) is 19.4. The van der Waals surface area contributed by atoms with Crippen molar-refractivity contribution in [3.05, 3.63) is 63.7 Å². The molecule has 8 nitrogen and oxygen atoms in total. The molecule has 2 aromatic heterocycles. The van der Waals surface area contributed by atoms with Crippen molar-refractivity contribution in [1.29, 1.82) is 0 Å². The molecule has 0 unspecified atom stereocenters. The Kier molecular flexibility index (Phi) is 8.73. The number of amides is 2. The van der Waals surface area contributed by atoms with Crippen LogP contribution in [0.4, 0.5) is 5.00 Å². The molecule has 10 heteroatoms. The van der Waals surface area contributed by atoms with E-state index in [9.17, 15) is 19.2 Å². The Bertz CT molecular complexity index is 1110. The summed E-state index contributed by atoms with van der Waals surface area (Å²) < 4.78 is 10.1. The molecule has 0 fully saturated rings. The fourth-order valence-electron chi connectivity index (χ4n) is 2.84. The molecule has 2 amide bonds. The van der Waals surface area contributed by atoms with Crippen molar-refractivity contribution < 1.29 is 28.7 Å². The van der Waals surface area contributed by atoms with Gasteiger partial charge in [0, 0.05) is 17.5 Å². The van der Waals surface area contributed by atoms with Crippen LogP contribution in [0.5, 0.6) is 0 Å². The van der Waals surface area contributed by atoms with Crippen LogP contribution >= 0.6 is 22.7 Å². The molecule has 0 bridgehead atoms. The summed E-state index contributed by atoms with van der Waals surface area (Å²) in [6.45, 7) is 1.47. The van der Waals surface area contributed by atoms with Crippen molar-refractivity contribution in [2.75, 3.05) is 25.1 Å². The van der Waals surface area contributed by atoms with E-state index in [1.807, 2.05) is 30.3 Å². The molecule has 2 N–H and O–H groups in total. The third-order valence-electron chi connectivity index (χ3n) is 4.33. The highest BCUT2D eigenvalue weighted by Crippen LogP contribution is 2.36. The number of thiophene rings is 2. The minimum atomic E-state index is -0.626. The molecule has 33 heavy (non-hydrogen) atoms. The Morgan fingerprint density at radius 1 is 0.970 bits per heavy atom. The van der Waals surface area contributed by atoms with Gasteiger partial charge in [-0.05, 0) is 23.9 Å². The number of benzene rings is 1. The molecule has 0 radical (unpaired) electrons. The second-order valence-electron chi connectivity index (χ2n) is 6.63. The lowest BCUT2D eigenvalue weighted by Crippen LogP contribution is -2.27. The van der Waals surface area contributed by atoms with Crippen molar-refractivity contribution in [1.82, 2.24) is 5.32 Å². The van der Waals surface area contributed by atoms with Crippen LogP contribution in [0.1, 0.15) is 33.4 Å². The summed E-state index contributed by atoms with van der Waals surface area (Å²) in [5.74, 6) is -2.03. The third kappa shape index (κ3) is 6.74. The summed E-state index contributed by atoms with van der Waals surface area (Å²) in [5.41, 5.74) is 1.71. The number of carbonyl (C=O) groups excluding carboxylic acids is 4. The van der Waals surface area contributed by atoms with E-state index < -0.39 is 24.5 Å². The average Bonchev–Trinajstić information content (AvgIpc) is 3.49. The number of ether oxygens (including phenoxy) is 2. The first-order chi connectivity index (χ1) is 16.0. The van der Waals surface area contributed by atoms with Crippen molar-refractivity contribution in [2.45, 2.75) is 13.3 Å². The van der Waals surface area contributed by atoms with Crippen LogP contribution in [-0.2, 0) is 19.1 Å². The zero-order valence-electron chi connectivity index (χ0n) is 17.8. The molecule has 2 heterocycles. The minimum Gasteiger partial charge on any atom is -0.462 e. The number of esters is 2. The Balaban J connectivity index is 1.54. The fraction of sp³-hybridized carbons (Fsp3) is 0.217. The fourth-order valence-corrected chi connectivity index (χ4v) is 4.45. The summed E-state index contributed by atoms with van der Waals surface area (Å²) in [5, 5.41) is 9.10. The van der Waals surface area contributed by atoms with Gasteiger partial charge in [0.15, 0.2) is 6.61 Å². The summed E-state index contributed by atoms with van der Waals surface area (Å²) in [4.78, 5) is 49.2. The minimum absolute atomic E-state index is 0.0738. The van der Waals surface area contributed by atoms with Gasteiger partial charge in [-0.1, -0.05) is 36.4 Å². The van der Waals surface area contributed by atoms with E-state index in [1.165, 1.54) is 22.7 Å². The first-order valence-corrected chi connectivity index (χ1v) is 11.9. The van der Waals surface area contributed by atoms with E-state index in [4.69, 9.17) is 9.47 Å². The predicted molar refractivity (Wildman–Crippen MR) is 127 cm³/mol. The van der Waals surface area contributed by atoms with E-state index >= 15 is 0 Å². The summed E-state index contributed by atoms with van der Waals surface area (Å²) in [6, 6.07) is 12.7. The topological polar surface area (TPSA) is 111 Å². The van der Waals surface area contributed by atoms with Crippen LogP contribution in [0.15, 0.2) is 53.2 Å². The van der Waals surface area contributed by atoms with Crippen molar-refractivity contribution in [2.24, 2.45) is 0 Å². The Morgan fingerprint density at radius 2 is 1.76 bits per heavy atom. The lowest BCUT2D eigenvalue weighted by Gasteiger charge is -2.09. The highest BCUT2D eigenvalue weighted by Gasteiger charge is 2.23. The molecule has 0 aliphatic heterocycles. The Morgan fingerprint density at radius 3 is 2.45 bits per heavy atom. The molecule has 0 aliphatic carbocycles. The lowest BCUT2D eigenvalue weighted by molar-refractivity contribution is -0.147. The quantitative estimate of drug-likeness (QED) is 0.420. The van der Waals surface area contributed by atoms with Gasteiger partial charge in [0.05, 0.1) is 17.9 Å². The number of nitrogens with one attached hydrogen (secondary N) is 2. The number of anilines is 1. The van der Waals surface area contributed by atoms with E-state index in [0.29, 0.717) is 15.4 Å². The van der Waals surface area contributed by atoms with Crippen molar-refractivity contribution in [3.63, 3.8) is 0 Å². The van der Waals surface area contributed by atoms with E-state index in [2.05, 4.69) is 10.6 Å². The van der Waals surface area contributed by atoms with Gasteiger partial charge >= 0.3 is 11.9 Å². The number of hydrogen-bond acceptors (Lipinski definition) is 8. The smallest absolute Gasteiger partial charge is 0.341 e. The Labute approximate surface area is 198 Å². The molecular weight excluding hydrogens is 464 g/mol. The van der Waals surface area contributed by atoms with Crippen LogP contribution < -0.4 is 10.6 Å². The van der Waals surface area contributed by atoms with Gasteiger partial charge in [-0.25, -0.2) is 4.79 Å². The second kappa shape index (κ2) is 11.9. The van der Waals surface area contributed by atoms with Gasteiger partial charge in [-0.2, -0.15) is 0 Å². The van der Waals surface area contributed by atoms with Gasteiger partial charge in [-0.15, -0.1) is 22.7 Å². The predicted octanol–water partition coefficient (Wildman–Crippen LogP) is 3.96. The SMILES string of the molecule is CCOC(=O)c1c(-c2ccccc2)csc1NC(=O)COC(=O)CCNC(=O)c1cccs1. The largest absolute Gasteiger partial charge is 0.462 e. The van der Waals surface area contributed by atoms with Crippen LogP contribution in [0.3, 0.4) is 0 Å². The first kappa shape index (κ1) is 24.1. The van der Waals surface area contributed by atoms with E-state index in [-0.39, 0.29) is 31.0 Å². The van der Waals surface area contributed by atoms with Gasteiger partial charge in [0.2, 0.25) is 0 Å². The molecule has 172 valence electrons. The average molecular weight is 487 g/mol. The third-order valence-corrected chi connectivity index (χ3v) is 6.10. The number of rotatable bonds is 10. The van der Waals surface area contributed by atoms with Crippen LogP contribution in [-0.4, -0.2) is 43.5 Å². The molecule has 0 atom stereocenters. The second-order valence-corrected chi connectivity index (χ2v) is 8.46. The summed E-state index contributed by atoms with van der Waals surface area (Å²) >= 11 is 2.48. The van der Waals surface area contributed by atoms with Crippen LogP contribution in [0.2, 0.25) is 0 Å². The molecule has 0 saturated heterocycles. The lowest BCUT2D eigenvalue weighted by atomic mass is 10.0. The summed E-state index contributed by atoms with van der Waals surface area (Å²) in [6.07, 6.45) is -0.0738. The summed E-state index contributed by atoms with van der Waals surface area (Å²) in [7, 11) is 0. The molecule has 1 aromatic carbocycles. The van der Waals surface area contributed by atoms with Crippen molar-refractivity contribution >= 4 is 51.4 Å². The van der Waals surface area contributed by atoms with Gasteiger partial charge in [0.25, 0.3) is 11.8 Å². The highest BCUT2D eigenvalue weighted by atomic mass is 32.1. The van der Waals surface area contributed by atoms with Crippen LogP contribution in [0.25, 0.3) is 11.1 Å². The molecule has 3 aromatic rings. The van der Waals surface area contributed by atoms with E-state index in [1.54, 1.807) is 29.8 Å². The van der Waals surface area contributed by atoms with Gasteiger partial charge in [-0.3, -0.25) is 14.4 Å². The molecular formula is C23H22N2O6S2. The first-order valence-electron chi connectivity index (χ1n) is 10.1. The van der Waals surface area contributed by atoms with Gasteiger partial charge < -0.3 is 20.1 Å². The molecule has 0 saturated carbocycles. The monoisotopic (exact) mass is 486 g/mol. The standard InChI is InChI=1S/C23H22N2O6S2/c1-2-30-23(29)20-16(15-7-4-3-5-8-15)14-33-22(20)25-18(26)13-31-19(27)10-11-24-21(28)17-9-6-12-32-17/h3-9,12,14H,2,10-11,13H2,1H3,(H,24,28)(H,25,26).